The lowest BCUT2D eigenvalue weighted by Crippen LogP contribution is -2.76. The fourth-order valence-electron chi connectivity index (χ4n) is 1.82. The summed E-state index contributed by atoms with van der Waals surface area (Å²) in [6.45, 7) is 0. The minimum Gasteiger partial charge on any atom is -0.281 e. The van der Waals surface area contributed by atoms with Crippen molar-refractivity contribution in [2.75, 3.05) is 0 Å². The van der Waals surface area contributed by atoms with Gasteiger partial charge in [-0.2, -0.15) is 91.8 Å². The highest BCUT2D eigenvalue weighted by molar-refractivity contribution is 7.87. The third-order valence-corrected chi connectivity index (χ3v) is 4.88. The summed E-state index contributed by atoms with van der Waals surface area (Å²) in [6, 6.07) is 5.72. The molecule has 24 heteroatoms. The van der Waals surface area contributed by atoms with Gasteiger partial charge in [-0.25, -0.2) is 0 Å². The van der Waals surface area contributed by atoms with Gasteiger partial charge in [-0.15, -0.1) is 0 Å². The molecule has 0 aliphatic carbocycles. The molecule has 1 heterocycles. The third kappa shape index (κ3) is 5.03. The first kappa shape index (κ1) is 35.7. The van der Waals surface area contributed by atoms with E-state index in [2.05, 4.69) is 4.98 Å². The number of aromatic nitrogens is 1. The first-order valence-corrected chi connectivity index (χ1v) is 9.60. The van der Waals surface area contributed by atoms with Crippen LogP contribution in [0.5, 0.6) is 0 Å². The molecule has 1 aromatic rings. The molecule has 0 fully saturated rings. The second-order valence-corrected chi connectivity index (χ2v) is 8.00. The molecule has 0 radical (unpaired) electrons. The van der Waals surface area contributed by atoms with Crippen LogP contribution in [-0.4, -0.2) is 70.8 Å². The molecule has 0 unspecified atom stereocenters. The molecule has 0 amide bonds. The summed E-state index contributed by atoms with van der Waals surface area (Å²) in [4.78, 5) is 3.78. The molecule has 0 aromatic carbocycles. The Morgan fingerprint density at radius 3 is 0.895 bits per heavy atom. The molecule has 0 aliphatic rings. The number of hydrogen-bond donors (Lipinski definition) is 1. The van der Waals surface area contributed by atoms with Gasteiger partial charge in [0, 0.05) is 12.4 Å². The summed E-state index contributed by atoms with van der Waals surface area (Å²) < 4.78 is 270. The Bertz CT molecular complexity index is 1030. The Hall–Kier alpha value is -2.27. The highest BCUT2D eigenvalue weighted by Gasteiger charge is 2.97. The van der Waals surface area contributed by atoms with Crippen molar-refractivity contribution in [1.82, 2.24) is 4.98 Å². The Balaban J connectivity index is 0.00000198. The Morgan fingerprint density at radius 1 is 0.447 bits per heavy atom. The van der Waals surface area contributed by atoms with Gasteiger partial charge in [0.2, 0.25) is 0 Å². The van der Waals surface area contributed by atoms with E-state index >= 15 is 0 Å². The summed E-state index contributed by atoms with van der Waals surface area (Å²) in [7, 11) is -8.00. The number of halogens is 19. The van der Waals surface area contributed by atoms with Gasteiger partial charge in [0.15, 0.2) is 0 Å². The van der Waals surface area contributed by atoms with Gasteiger partial charge in [0.05, 0.1) is 0 Å². The van der Waals surface area contributed by atoms with Crippen LogP contribution >= 0.6 is 0 Å². The van der Waals surface area contributed by atoms with Crippen molar-refractivity contribution in [3.63, 3.8) is 0 Å². The van der Waals surface area contributed by atoms with Crippen LogP contribution in [0.25, 0.3) is 0 Å². The summed E-state index contributed by atoms with van der Waals surface area (Å²) in [6.07, 6.45) is -4.49. The van der Waals surface area contributed by atoms with Crippen LogP contribution in [0.4, 0.5) is 83.4 Å². The van der Waals surface area contributed by atoms with E-state index in [9.17, 15) is 91.8 Å². The molecule has 0 saturated heterocycles. The van der Waals surface area contributed by atoms with Crippen molar-refractivity contribution >= 4 is 10.1 Å². The van der Waals surface area contributed by atoms with Crippen LogP contribution in [0.2, 0.25) is 0 Å². The van der Waals surface area contributed by atoms with Crippen LogP contribution in [0.1, 0.15) is 0 Å². The molecule has 1 aromatic heterocycles. The van der Waals surface area contributed by atoms with Crippen LogP contribution < -0.4 is 0 Å². The maximum Gasteiger partial charge on any atom is 0.460 e. The maximum atomic E-state index is 13.2. The van der Waals surface area contributed by atoms with E-state index < -0.39 is 63.0 Å². The predicted octanol–water partition coefficient (Wildman–Crippen LogP) is 6.56. The molecule has 4 nitrogen and oxygen atoms in total. The summed E-state index contributed by atoms with van der Waals surface area (Å²) in [5.74, 6) is -62.2. The smallest absolute Gasteiger partial charge is 0.281 e. The van der Waals surface area contributed by atoms with E-state index in [1.807, 2.05) is 18.2 Å². The summed E-state index contributed by atoms with van der Waals surface area (Å²) in [5, 5.41) is -7.96. The number of nitrogens with zero attached hydrogens (tertiary/aromatic N) is 1. The van der Waals surface area contributed by atoms with Crippen molar-refractivity contribution in [3.8, 4) is 0 Å². The molecule has 0 bridgehead atoms. The van der Waals surface area contributed by atoms with Gasteiger partial charge in [-0.3, -0.25) is 9.54 Å². The van der Waals surface area contributed by atoms with E-state index in [-0.39, 0.29) is 0 Å². The molecule has 0 aliphatic heterocycles. The fraction of sp³-hybridized carbons (Fsp3) is 0.643. The standard InChI is InChI=1S/C9HF19O3S.C5H5N/c10-1(11,2(12,13)4(16,17)6(20,21)8(24,25)26)3(14,15)5(18,19)7(22,23)9(27,28)32(29,30)31;1-2-4-6-5-3-1/h(H,29,30,31);1-5H. The molecular formula is C14H6F19NO3S. The van der Waals surface area contributed by atoms with Crippen molar-refractivity contribution in [2.45, 2.75) is 52.9 Å². The zero-order chi connectivity index (χ0) is 31.2. The Morgan fingerprint density at radius 2 is 0.711 bits per heavy atom. The second kappa shape index (κ2) is 9.73. The minimum atomic E-state index is -9.15. The Kier molecular flexibility index (Phi) is 9.15. The quantitative estimate of drug-likeness (QED) is 0.262. The van der Waals surface area contributed by atoms with E-state index in [4.69, 9.17) is 4.55 Å². The van der Waals surface area contributed by atoms with Crippen molar-refractivity contribution < 1.29 is 96.4 Å². The Labute approximate surface area is 196 Å². The van der Waals surface area contributed by atoms with Gasteiger partial charge in [-0.1, -0.05) is 6.07 Å². The second-order valence-electron chi connectivity index (χ2n) is 6.53. The number of rotatable bonds is 8. The van der Waals surface area contributed by atoms with Crippen molar-refractivity contribution in [1.29, 1.82) is 0 Å². The van der Waals surface area contributed by atoms with Crippen molar-refractivity contribution in [3.05, 3.63) is 30.6 Å². The van der Waals surface area contributed by atoms with Crippen LogP contribution in [0.3, 0.4) is 0 Å². The van der Waals surface area contributed by atoms with E-state index in [1.165, 1.54) is 0 Å². The van der Waals surface area contributed by atoms with E-state index in [0.717, 1.165) is 0 Å². The molecule has 38 heavy (non-hydrogen) atoms. The summed E-state index contributed by atoms with van der Waals surface area (Å²) >= 11 is 0. The normalized spacial score (nSPS) is 15.6. The predicted molar refractivity (Wildman–Crippen MR) is 81.4 cm³/mol. The van der Waals surface area contributed by atoms with E-state index in [1.54, 1.807) is 12.4 Å². The first-order chi connectivity index (χ1) is 16.2. The lowest BCUT2D eigenvalue weighted by Gasteiger charge is -2.43. The van der Waals surface area contributed by atoms with Gasteiger partial charge >= 0.3 is 63.0 Å². The fourth-order valence-corrected chi connectivity index (χ4v) is 2.27. The van der Waals surface area contributed by atoms with Crippen LogP contribution in [0.15, 0.2) is 30.6 Å². The van der Waals surface area contributed by atoms with Gasteiger partial charge in [0.1, 0.15) is 0 Å². The first-order valence-electron chi connectivity index (χ1n) is 8.16. The molecule has 1 N–H and O–H groups in total. The molecular weight excluding hydrogens is 623 g/mol. The third-order valence-electron chi connectivity index (χ3n) is 3.98. The highest BCUT2D eigenvalue weighted by Crippen LogP contribution is 2.65. The molecule has 0 spiro atoms. The topological polar surface area (TPSA) is 67.3 Å². The SMILES string of the molecule is O=S(=O)(O)C(F)(F)C(F)(F)C(F)(F)C(F)(F)C(F)(F)C(F)(F)C(F)(F)C(F)(F)C(F)(F)F.c1ccncc1. The van der Waals surface area contributed by atoms with Crippen LogP contribution in [0, 0.1) is 0 Å². The van der Waals surface area contributed by atoms with Gasteiger partial charge in [-0.05, 0) is 12.1 Å². The van der Waals surface area contributed by atoms with Crippen molar-refractivity contribution in [2.24, 2.45) is 0 Å². The molecule has 1 rings (SSSR count). The summed E-state index contributed by atoms with van der Waals surface area (Å²) in [5.41, 5.74) is 0. The monoisotopic (exact) mass is 629 g/mol. The zero-order valence-corrected chi connectivity index (χ0v) is 17.5. The average molecular weight is 629 g/mol. The lowest BCUT2D eigenvalue weighted by atomic mass is 9.89. The number of pyridine rings is 1. The molecule has 224 valence electrons. The number of hydrogen-bond acceptors (Lipinski definition) is 3. The lowest BCUT2D eigenvalue weighted by molar-refractivity contribution is -0.466. The van der Waals surface area contributed by atoms with Gasteiger partial charge < -0.3 is 0 Å². The largest absolute Gasteiger partial charge is 0.460 e. The van der Waals surface area contributed by atoms with Crippen LogP contribution in [-0.2, 0) is 10.1 Å². The average Bonchev–Trinajstić information content (AvgIpc) is 2.72. The maximum absolute atomic E-state index is 13.2. The highest BCUT2D eigenvalue weighted by atomic mass is 32.2. The molecule has 0 atom stereocenters. The van der Waals surface area contributed by atoms with Gasteiger partial charge in [0.25, 0.3) is 0 Å². The molecule has 0 saturated carbocycles. The minimum absolute atomic E-state index is 1.75. The van der Waals surface area contributed by atoms with E-state index in [0.29, 0.717) is 0 Å². The number of alkyl halides is 19. The zero-order valence-electron chi connectivity index (χ0n) is 16.7.